The zero-order valence-corrected chi connectivity index (χ0v) is 31.9. The maximum Gasteiger partial charge on any atom is 0.0707 e. The van der Waals surface area contributed by atoms with Crippen LogP contribution in [0.5, 0.6) is 0 Å². The van der Waals surface area contributed by atoms with Gasteiger partial charge in [-0.2, -0.15) is 0 Å². The van der Waals surface area contributed by atoms with Crippen LogP contribution in [0.15, 0.2) is 194 Å². The summed E-state index contributed by atoms with van der Waals surface area (Å²) in [5.41, 5.74) is 20.9. The first-order chi connectivity index (χ1) is 27.5. The van der Waals surface area contributed by atoms with Gasteiger partial charge in [0.05, 0.1) is 16.8 Å². The Balaban J connectivity index is 1.06. The minimum absolute atomic E-state index is 0.0783. The van der Waals surface area contributed by atoms with E-state index < -0.39 is 5.41 Å². The predicted octanol–water partition coefficient (Wildman–Crippen LogP) is 13.9. The van der Waals surface area contributed by atoms with E-state index in [0.29, 0.717) is 5.92 Å². The smallest absolute Gasteiger partial charge is 0.0707 e. The van der Waals surface area contributed by atoms with Crippen LogP contribution in [0.25, 0.3) is 22.3 Å². The fourth-order valence-corrected chi connectivity index (χ4v) is 10.7. The molecule has 0 amide bonds. The molecule has 8 aromatic carbocycles. The second kappa shape index (κ2) is 12.5. The Morgan fingerprint density at radius 1 is 0.464 bits per heavy atom. The van der Waals surface area contributed by atoms with Gasteiger partial charge >= 0.3 is 0 Å². The normalized spacial score (nSPS) is 16.7. The van der Waals surface area contributed by atoms with Crippen LogP contribution >= 0.6 is 0 Å². The molecule has 0 spiro atoms. The summed E-state index contributed by atoms with van der Waals surface area (Å²) in [4.78, 5) is 2.44. The predicted molar refractivity (Wildman–Crippen MR) is 233 cm³/mol. The van der Waals surface area contributed by atoms with E-state index in [1.807, 2.05) is 0 Å². The van der Waals surface area contributed by atoms with Gasteiger partial charge in [-0.3, -0.25) is 0 Å². The highest BCUT2D eigenvalue weighted by molar-refractivity contribution is 5.87. The molecule has 0 saturated carbocycles. The molecule has 0 saturated heterocycles. The third-order valence-electron chi connectivity index (χ3n) is 13.2. The third-order valence-corrected chi connectivity index (χ3v) is 13.2. The lowest BCUT2D eigenvalue weighted by molar-refractivity contribution is 0.626. The average molecular weight is 718 g/mol. The van der Waals surface area contributed by atoms with Crippen LogP contribution in [0, 0.1) is 0 Å². The summed E-state index contributed by atoms with van der Waals surface area (Å²) >= 11 is 0. The van der Waals surface area contributed by atoms with Gasteiger partial charge in [-0.15, -0.1) is 0 Å². The van der Waals surface area contributed by atoms with E-state index in [9.17, 15) is 0 Å². The van der Waals surface area contributed by atoms with Crippen molar-refractivity contribution >= 4 is 17.1 Å². The molecule has 1 atom stereocenters. The number of benzene rings is 8. The summed E-state index contributed by atoms with van der Waals surface area (Å²) in [6.45, 7) is 4.69. The highest BCUT2D eigenvalue weighted by Crippen LogP contribution is 2.58. The zero-order chi connectivity index (χ0) is 37.4. The first-order valence-electron chi connectivity index (χ1n) is 20.1. The van der Waals surface area contributed by atoms with Gasteiger partial charge in [0, 0.05) is 17.0 Å². The van der Waals surface area contributed by atoms with Crippen LogP contribution in [-0.4, -0.2) is 0 Å². The molecular formula is C55H43N. The molecule has 1 heterocycles. The number of nitrogens with zero attached hydrogens (tertiary/aromatic N) is 1. The van der Waals surface area contributed by atoms with Crippen LogP contribution in [0.2, 0.25) is 0 Å². The van der Waals surface area contributed by atoms with Crippen molar-refractivity contribution in [2.24, 2.45) is 0 Å². The van der Waals surface area contributed by atoms with Gasteiger partial charge in [0.2, 0.25) is 0 Å². The summed E-state index contributed by atoms with van der Waals surface area (Å²) in [7, 11) is 0. The maximum absolute atomic E-state index is 2.48. The number of hydrogen-bond acceptors (Lipinski definition) is 1. The van der Waals surface area contributed by atoms with E-state index in [4.69, 9.17) is 0 Å². The second-order valence-corrected chi connectivity index (χ2v) is 16.3. The van der Waals surface area contributed by atoms with E-state index in [1.165, 1.54) is 89.4 Å². The Bertz CT molecular complexity index is 2690. The van der Waals surface area contributed by atoms with Gasteiger partial charge in [0.25, 0.3) is 0 Å². The van der Waals surface area contributed by atoms with Crippen LogP contribution in [0.1, 0.15) is 76.3 Å². The molecule has 0 radical (unpaired) electrons. The molecule has 0 fully saturated rings. The number of hydrogen-bond donors (Lipinski definition) is 0. The van der Waals surface area contributed by atoms with Gasteiger partial charge in [-0.05, 0) is 115 Å². The van der Waals surface area contributed by atoms with Crippen molar-refractivity contribution in [1.29, 1.82) is 0 Å². The Kier molecular flexibility index (Phi) is 7.38. The van der Waals surface area contributed by atoms with Crippen LogP contribution < -0.4 is 4.90 Å². The molecule has 1 aliphatic heterocycles. The summed E-state index contributed by atoms with van der Waals surface area (Å²) in [6.07, 6.45) is 2.12. The highest BCUT2D eigenvalue weighted by Gasteiger charge is 2.47. The van der Waals surface area contributed by atoms with Gasteiger partial charge in [0.15, 0.2) is 0 Å². The van der Waals surface area contributed by atoms with Crippen molar-refractivity contribution < 1.29 is 0 Å². The summed E-state index contributed by atoms with van der Waals surface area (Å²) in [6, 6.07) is 73.1. The maximum atomic E-state index is 2.48. The van der Waals surface area contributed by atoms with Crippen LogP contribution in [-0.2, 0) is 17.3 Å². The summed E-state index contributed by atoms with van der Waals surface area (Å²) in [5.74, 6) is 0.313. The first kappa shape index (κ1) is 32.9. The molecule has 0 N–H and O–H groups in total. The lowest BCUT2D eigenvalue weighted by Crippen LogP contribution is -2.37. The number of fused-ring (bicyclic) bond motifs is 6. The van der Waals surface area contributed by atoms with Crippen molar-refractivity contribution in [3.8, 4) is 22.3 Å². The standard InChI is InChI=1S/C55H43N/c1-54(2)48-23-11-13-26-51(48)56(52-27-14-12-24-49(52)54)42-33-30-37(31-34-42)39-29-28-38-32-35-45-43-20-9-10-22-47(43)55(40-16-5-3-6-17-40,41-18-7-4-8-19-41)50-25-15-21-44(53(45)50)46(38)36-39/h3-31,33-34,36,45H,32,35H2,1-2H3. The lowest BCUT2D eigenvalue weighted by atomic mass is 9.56. The Hall–Kier alpha value is -6.44. The Morgan fingerprint density at radius 2 is 1.02 bits per heavy atom. The molecule has 11 rings (SSSR count). The fourth-order valence-electron chi connectivity index (χ4n) is 10.7. The minimum Gasteiger partial charge on any atom is -0.310 e. The fraction of sp³-hybridized carbons (Fsp3) is 0.127. The summed E-state index contributed by atoms with van der Waals surface area (Å²) in [5, 5.41) is 0. The quantitative estimate of drug-likeness (QED) is 0.175. The number of anilines is 3. The monoisotopic (exact) mass is 717 g/mol. The first-order valence-corrected chi connectivity index (χ1v) is 20.1. The van der Waals surface area contributed by atoms with Crippen LogP contribution in [0.3, 0.4) is 0 Å². The number of para-hydroxylation sites is 2. The van der Waals surface area contributed by atoms with Gasteiger partial charge in [-0.1, -0.05) is 178 Å². The molecule has 56 heavy (non-hydrogen) atoms. The molecule has 0 aromatic heterocycles. The third kappa shape index (κ3) is 4.67. The number of aryl methyl sites for hydroxylation is 1. The number of rotatable bonds is 4. The second-order valence-electron chi connectivity index (χ2n) is 16.3. The highest BCUT2D eigenvalue weighted by atomic mass is 15.2. The molecule has 268 valence electrons. The van der Waals surface area contributed by atoms with E-state index in [1.54, 1.807) is 0 Å². The summed E-state index contributed by atoms with van der Waals surface area (Å²) < 4.78 is 0. The molecule has 2 aliphatic carbocycles. The van der Waals surface area contributed by atoms with Gasteiger partial charge in [-0.25, -0.2) is 0 Å². The Labute approximate surface area is 330 Å². The van der Waals surface area contributed by atoms with E-state index >= 15 is 0 Å². The molecule has 3 aliphatic rings. The van der Waals surface area contributed by atoms with Crippen molar-refractivity contribution in [3.63, 3.8) is 0 Å². The SMILES string of the molecule is CC1(C)c2ccccc2N(c2ccc(-c3ccc4c(c3)-c3cccc5c3C(CC4)c3ccccc3C5(c3ccccc3)c3ccccc3)cc2)c2ccccc21. The molecular weight excluding hydrogens is 675 g/mol. The van der Waals surface area contributed by atoms with E-state index in [2.05, 4.69) is 213 Å². The molecule has 1 unspecified atom stereocenters. The molecule has 1 heteroatoms. The van der Waals surface area contributed by atoms with Crippen molar-refractivity contribution in [3.05, 3.63) is 244 Å². The van der Waals surface area contributed by atoms with Crippen molar-refractivity contribution in [1.82, 2.24) is 0 Å². The molecule has 1 nitrogen and oxygen atoms in total. The van der Waals surface area contributed by atoms with Gasteiger partial charge in [0.1, 0.15) is 0 Å². The Morgan fingerprint density at radius 3 is 1.68 bits per heavy atom. The zero-order valence-electron chi connectivity index (χ0n) is 31.9. The van der Waals surface area contributed by atoms with Crippen LogP contribution in [0.4, 0.5) is 17.1 Å². The topological polar surface area (TPSA) is 3.24 Å². The van der Waals surface area contributed by atoms with Crippen molar-refractivity contribution in [2.75, 3.05) is 4.90 Å². The van der Waals surface area contributed by atoms with Gasteiger partial charge < -0.3 is 4.90 Å². The lowest BCUT2D eigenvalue weighted by Gasteiger charge is -2.45. The largest absolute Gasteiger partial charge is 0.310 e. The molecule has 8 aromatic rings. The molecule has 0 bridgehead atoms. The average Bonchev–Trinajstić information content (AvgIpc) is 3.43. The minimum atomic E-state index is -0.431. The van der Waals surface area contributed by atoms with Crippen molar-refractivity contribution in [2.45, 2.75) is 43.4 Å². The van der Waals surface area contributed by atoms with E-state index in [0.717, 1.165) is 12.8 Å². The van der Waals surface area contributed by atoms with E-state index in [-0.39, 0.29) is 5.41 Å².